The van der Waals surface area contributed by atoms with Crippen LogP contribution < -0.4 is 5.32 Å². The van der Waals surface area contributed by atoms with E-state index in [1.54, 1.807) is 0 Å². The Hall–Kier alpha value is -1.08. The number of hydrogen-bond donors (Lipinski definition) is 1. The van der Waals surface area contributed by atoms with Crippen molar-refractivity contribution in [1.82, 2.24) is 5.32 Å². The molecule has 0 heterocycles. The lowest BCUT2D eigenvalue weighted by molar-refractivity contribution is 0.520. The molecule has 94 valence electrons. The zero-order chi connectivity index (χ0) is 12.5. The third-order valence-electron chi connectivity index (χ3n) is 2.99. The number of aryl methyl sites for hydroxylation is 2. The van der Waals surface area contributed by atoms with Crippen molar-refractivity contribution in [3.63, 3.8) is 0 Å². The van der Waals surface area contributed by atoms with Crippen LogP contribution in [0.2, 0.25) is 0 Å². The van der Waals surface area contributed by atoms with Crippen molar-refractivity contribution in [3.05, 3.63) is 47.5 Å². The normalized spacial score (nSPS) is 13.1. The molecule has 0 aromatic heterocycles. The number of allylic oxidation sites excluding steroid dienone is 1. The largest absolute Gasteiger partial charge is 0.314 e. The summed E-state index contributed by atoms with van der Waals surface area (Å²) in [4.78, 5) is 0. The molecule has 17 heavy (non-hydrogen) atoms. The first-order valence-corrected chi connectivity index (χ1v) is 6.62. The summed E-state index contributed by atoms with van der Waals surface area (Å²) in [6.45, 7) is 7.58. The van der Waals surface area contributed by atoms with Gasteiger partial charge in [-0.05, 0) is 52.1 Å². The van der Waals surface area contributed by atoms with Gasteiger partial charge in [-0.1, -0.05) is 42.0 Å². The first-order valence-electron chi connectivity index (χ1n) is 6.62. The highest BCUT2D eigenvalue weighted by Crippen LogP contribution is 2.08. The van der Waals surface area contributed by atoms with E-state index in [1.165, 1.54) is 24.0 Å². The predicted molar refractivity (Wildman–Crippen MR) is 76.4 cm³/mol. The molecule has 0 fully saturated rings. The molecule has 0 bridgehead atoms. The fourth-order valence-corrected chi connectivity index (χ4v) is 1.93. The minimum Gasteiger partial charge on any atom is -0.314 e. The van der Waals surface area contributed by atoms with Gasteiger partial charge in [0.2, 0.25) is 0 Å². The SMILES string of the molecule is C/C=C/CCNC(C)CCc1cccc(C)c1. The number of rotatable bonds is 7. The van der Waals surface area contributed by atoms with Gasteiger partial charge in [-0.3, -0.25) is 0 Å². The summed E-state index contributed by atoms with van der Waals surface area (Å²) >= 11 is 0. The van der Waals surface area contributed by atoms with Gasteiger partial charge in [0.05, 0.1) is 0 Å². The molecule has 1 heteroatoms. The van der Waals surface area contributed by atoms with Crippen molar-refractivity contribution in [2.75, 3.05) is 6.54 Å². The van der Waals surface area contributed by atoms with Gasteiger partial charge >= 0.3 is 0 Å². The van der Waals surface area contributed by atoms with Crippen LogP contribution in [0.25, 0.3) is 0 Å². The van der Waals surface area contributed by atoms with Crippen LogP contribution in [0.15, 0.2) is 36.4 Å². The van der Waals surface area contributed by atoms with Gasteiger partial charge in [-0.25, -0.2) is 0 Å². The van der Waals surface area contributed by atoms with Gasteiger partial charge in [-0.2, -0.15) is 0 Å². The Morgan fingerprint density at radius 3 is 2.88 bits per heavy atom. The molecule has 1 atom stereocenters. The molecule has 0 aliphatic heterocycles. The maximum absolute atomic E-state index is 3.55. The zero-order valence-electron chi connectivity index (χ0n) is 11.4. The van der Waals surface area contributed by atoms with Crippen LogP contribution in [0, 0.1) is 6.92 Å². The molecule has 0 aliphatic carbocycles. The topological polar surface area (TPSA) is 12.0 Å². The zero-order valence-corrected chi connectivity index (χ0v) is 11.4. The first-order chi connectivity index (χ1) is 8.22. The molecular weight excluding hydrogens is 206 g/mol. The Morgan fingerprint density at radius 1 is 1.35 bits per heavy atom. The summed E-state index contributed by atoms with van der Waals surface area (Å²) in [5.41, 5.74) is 2.81. The van der Waals surface area contributed by atoms with Crippen LogP contribution in [0.5, 0.6) is 0 Å². The van der Waals surface area contributed by atoms with Crippen molar-refractivity contribution in [2.24, 2.45) is 0 Å². The Bertz CT molecular complexity index is 341. The van der Waals surface area contributed by atoms with Crippen molar-refractivity contribution >= 4 is 0 Å². The van der Waals surface area contributed by atoms with Gasteiger partial charge in [0, 0.05) is 6.04 Å². The highest BCUT2D eigenvalue weighted by atomic mass is 14.9. The molecule has 1 aromatic carbocycles. The minimum atomic E-state index is 0.598. The standard InChI is InChI=1S/C16H25N/c1-4-5-6-12-17-15(3)10-11-16-9-7-8-14(2)13-16/h4-5,7-9,13,15,17H,6,10-12H2,1-3H3/b5-4+. The minimum absolute atomic E-state index is 0.598. The summed E-state index contributed by atoms with van der Waals surface area (Å²) in [6, 6.07) is 9.41. The van der Waals surface area contributed by atoms with E-state index in [-0.39, 0.29) is 0 Å². The Labute approximate surface area is 106 Å². The van der Waals surface area contributed by atoms with Gasteiger partial charge in [0.15, 0.2) is 0 Å². The van der Waals surface area contributed by atoms with Gasteiger partial charge in [-0.15, -0.1) is 0 Å². The van der Waals surface area contributed by atoms with Crippen molar-refractivity contribution in [1.29, 1.82) is 0 Å². The Balaban J connectivity index is 2.21. The summed E-state index contributed by atoms with van der Waals surface area (Å²) in [7, 11) is 0. The predicted octanol–water partition coefficient (Wildman–Crippen LogP) is 3.87. The lowest BCUT2D eigenvalue weighted by atomic mass is 10.0. The first kappa shape index (κ1) is 14.0. The van der Waals surface area contributed by atoms with E-state index in [2.05, 4.69) is 62.5 Å². The molecule has 1 unspecified atom stereocenters. The van der Waals surface area contributed by atoms with Gasteiger partial charge < -0.3 is 5.32 Å². The molecule has 0 amide bonds. The summed E-state index contributed by atoms with van der Waals surface area (Å²) in [6.07, 6.45) is 7.82. The molecule has 1 rings (SSSR count). The molecule has 0 saturated carbocycles. The van der Waals surface area contributed by atoms with Gasteiger partial charge in [0.1, 0.15) is 0 Å². The van der Waals surface area contributed by atoms with Crippen LogP contribution in [-0.4, -0.2) is 12.6 Å². The highest BCUT2D eigenvalue weighted by molar-refractivity contribution is 5.22. The Morgan fingerprint density at radius 2 is 2.18 bits per heavy atom. The fraction of sp³-hybridized carbons (Fsp3) is 0.500. The molecule has 0 saturated heterocycles. The quantitative estimate of drug-likeness (QED) is 0.555. The van der Waals surface area contributed by atoms with Crippen LogP contribution in [0.1, 0.15) is 37.8 Å². The van der Waals surface area contributed by atoms with E-state index < -0.39 is 0 Å². The van der Waals surface area contributed by atoms with E-state index >= 15 is 0 Å². The summed E-state index contributed by atoms with van der Waals surface area (Å²) in [5, 5.41) is 3.55. The van der Waals surface area contributed by atoms with Crippen LogP contribution in [-0.2, 0) is 6.42 Å². The second-order valence-electron chi connectivity index (χ2n) is 4.74. The van der Waals surface area contributed by atoms with Crippen LogP contribution >= 0.6 is 0 Å². The van der Waals surface area contributed by atoms with Crippen LogP contribution in [0.4, 0.5) is 0 Å². The number of hydrogen-bond acceptors (Lipinski definition) is 1. The average molecular weight is 231 g/mol. The van der Waals surface area contributed by atoms with Gasteiger partial charge in [0.25, 0.3) is 0 Å². The molecule has 1 aromatic rings. The summed E-state index contributed by atoms with van der Waals surface area (Å²) in [5.74, 6) is 0. The monoisotopic (exact) mass is 231 g/mol. The number of benzene rings is 1. The molecule has 0 spiro atoms. The molecule has 1 nitrogen and oxygen atoms in total. The molecule has 1 N–H and O–H groups in total. The molecule has 0 radical (unpaired) electrons. The van der Waals surface area contributed by atoms with E-state index in [1.807, 2.05) is 0 Å². The second kappa shape index (κ2) is 8.08. The summed E-state index contributed by atoms with van der Waals surface area (Å²) < 4.78 is 0. The van der Waals surface area contributed by atoms with Crippen molar-refractivity contribution in [3.8, 4) is 0 Å². The van der Waals surface area contributed by atoms with Crippen molar-refractivity contribution in [2.45, 2.75) is 46.1 Å². The maximum Gasteiger partial charge on any atom is 0.00420 e. The number of nitrogens with one attached hydrogen (secondary N) is 1. The Kier molecular flexibility index (Phi) is 6.64. The third-order valence-corrected chi connectivity index (χ3v) is 2.99. The van der Waals surface area contributed by atoms with Crippen LogP contribution in [0.3, 0.4) is 0 Å². The molecular formula is C16H25N. The van der Waals surface area contributed by atoms with E-state index in [9.17, 15) is 0 Å². The van der Waals surface area contributed by atoms with E-state index in [0.717, 1.165) is 13.0 Å². The lowest BCUT2D eigenvalue weighted by Crippen LogP contribution is -2.27. The molecule has 0 aliphatic rings. The maximum atomic E-state index is 3.55. The lowest BCUT2D eigenvalue weighted by Gasteiger charge is -2.13. The third kappa shape index (κ3) is 6.28. The van der Waals surface area contributed by atoms with E-state index in [0.29, 0.717) is 6.04 Å². The van der Waals surface area contributed by atoms with E-state index in [4.69, 9.17) is 0 Å². The second-order valence-corrected chi connectivity index (χ2v) is 4.74. The average Bonchev–Trinajstić information content (AvgIpc) is 2.32. The fourth-order valence-electron chi connectivity index (χ4n) is 1.93. The smallest absolute Gasteiger partial charge is 0.00420 e. The highest BCUT2D eigenvalue weighted by Gasteiger charge is 2.01. The van der Waals surface area contributed by atoms with Crippen molar-refractivity contribution < 1.29 is 0 Å².